The molecule has 2 heterocycles. The summed E-state index contributed by atoms with van der Waals surface area (Å²) >= 11 is 1.23. The number of hydrogen-bond acceptors (Lipinski definition) is 6. The van der Waals surface area contributed by atoms with E-state index in [2.05, 4.69) is 10.4 Å². The minimum absolute atomic E-state index is 0.110. The first-order chi connectivity index (χ1) is 16.4. The van der Waals surface area contributed by atoms with Gasteiger partial charge in [0, 0.05) is 17.8 Å². The molecule has 0 saturated carbocycles. The van der Waals surface area contributed by atoms with E-state index in [0.717, 1.165) is 16.8 Å². The number of aryl methyl sites for hydroxylation is 3. The highest BCUT2D eigenvalue weighted by atomic mass is 32.2. The summed E-state index contributed by atoms with van der Waals surface area (Å²) in [6.45, 7) is 6.57. The summed E-state index contributed by atoms with van der Waals surface area (Å²) < 4.78 is 8.76. The molecule has 0 fully saturated rings. The number of para-hydroxylation sites is 1. The number of ether oxygens (including phenoxy) is 1. The van der Waals surface area contributed by atoms with Gasteiger partial charge in [0.05, 0.1) is 25.1 Å². The van der Waals surface area contributed by atoms with Gasteiger partial charge in [-0.3, -0.25) is 18.8 Å². The highest BCUT2D eigenvalue weighted by Crippen LogP contribution is 2.24. The number of nitrogens with zero attached hydrogens (tertiary/aromatic N) is 4. The van der Waals surface area contributed by atoms with Gasteiger partial charge in [0.2, 0.25) is 5.91 Å². The summed E-state index contributed by atoms with van der Waals surface area (Å²) in [4.78, 5) is 31.0. The third-order valence-electron chi connectivity index (χ3n) is 5.44. The molecule has 4 rings (SSSR count). The standard InChI is InChI=1S/C25H27N5O3S/c1-5-30-23-22(17(3)28-30)27-25(34-15-21(31)26-19-11-8-9-16(2)13-19)29(24(23)32)14-18-10-6-7-12-20(18)33-4/h6-13H,5,14-15H2,1-4H3,(H,26,31). The Morgan fingerprint density at radius 3 is 2.68 bits per heavy atom. The normalized spacial score (nSPS) is 11.1. The van der Waals surface area contributed by atoms with E-state index in [0.29, 0.717) is 34.2 Å². The van der Waals surface area contributed by atoms with Gasteiger partial charge in [-0.1, -0.05) is 42.1 Å². The first-order valence-electron chi connectivity index (χ1n) is 11.0. The van der Waals surface area contributed by atoms with Crippen molar-refractivity contribution in [3.63, 3.8) is 0 Å². The Morgan fingerprint density at radius 1 is 1.15 bits per heavy atom. The van der Waals surface area contributed by atoms with E-state index in [4.69, 9.17) is 9.72 Å². The lowest BCUT2D eigenvalue weighted by atomic mass is 10.2. The monoisotopic (exact) mass is 477 g/mol. The van der Waals surface area contributed by atoms with Crippen LogP contribution in [0.25, 0.3) is 11.0 Å². The molecule has 0 radical (unpaired) electrons. The number of amides is 1. The third-order valence-corrected chi connectivity index (χ3v) is 6.41. The zero-order valence-electron chi connectivity index (χ0n) is 19.7. The molecule has 0 bridgehead atoms. The summed E-state index contributed by atoms with van der Waals surface area (Å²) in [6.07, 6.45) is 0. The molecule has 0 aliphatic heterocycles. The molecule has 1 N–H and O–H groups in total. The number of methoxy groups -OCH3 is 1. The highest BCUT2D eigenvalue weighted by molar-refractivity contribution is 7.99. The van der Waals surface area contributed by atoms with Crippen LogP contribution in [0.1, 0.15) is 23.7 Å². The summed E-state index contributed by atoms with van der Waals surface area (Å²) in [5.41, 5.74) is 4.16. The smallest absolute Gasteiger partial charge is 0.280 e. The third kappa shape index (κ3) is 4.84. The molecular formula is C25H27N5O3S. The minimum Gasteiger partial charge on any atom is -0.496 e. The second-order valence-corrected chi connectivity index (χ2v) is 8.84. The van der Waals surface area contributed by atoms with E-state index in [1.807, 2.05) is 69.3 Å². The van der Waals surface area contributed by atoms with Gasteiger partial charge in [0.1, 0.15) is 11.3 Å². The predicted molar refractivity (Wildman–Crippen MR) is 135 cm³/mol. The van der Waals surface area contributed by atoms with E-state index in [1.54, 1.807) is 16.4 Å². The van der Waals surface area contributed by atoms with Crippen molar-refractivity contribution in [1.29, 1.82) is 0 Å². The second kappa shape index (κ2) is 10.1. The Balaban J connectivity index is 1.70. The van der Waals surface area contributed by atoms with Gasteiger partial charge in [-0.15, -0.1) is 0 Å². The molecule has 0 aliphatic carbocycles. The van der Waals surface area contributed by atoms with Gasteiger partial charge in [-0.05, 0) is 44.5 Å². The first-order valence-corrected chi connectivity index (χ1v) is 12.0. The molecule has 2 aromatic carbocycles. The van der Waals surface area contributed by atoms with Gasteiger partial charge in [0.15, 0.2) is 10.7 Å². The first kappa shape index (κ1) is 23.6. The Labute approximate surface area is 202 Å². The van der Waals surface area contributed by atoms with Crippen LogP contribution in [0.4, 0.5) is 5.69 Å². The molecule has 176 valence electrons. The molecule has 0 atom stereocenters. The number of benzene rings is 2. The molecule has 0 saturated heterocycles. The van der Waals surface area contributed by atoms with Crippen LogP contribution in [-0.2, 0) is 17.9 Å². The van der Waals surface area contributed by atoms with Crippen molar-refractivity contribution in [2.45, 2.75) is 39.0 Å². The van der Waals surface area contributed by atoms with Crippen molar-refractivity contribution in [3.05, 3.63) is 75.7 Å². The number of carbonyl (C=O) groups is 1. The van der Waals surface area contributed by atoms with Crippen LogP contribution in [0.15, 0.2) is 58.5 Å². The number of hydrogen-bond donors (Lipinski definition) is 1. The van der Waals surface area contributed by atoms with Crippen molar-refractivity contribution in [2.24, 2.45) is 0 Å². The maximum atomic E-state index is 13.6. The Bertz CT molecular complexity index is 1410. The molecule has 2 aromatic heterocycles. The fraction of sp³-hybridized carbons (Fsp3) is 0.280. The molecule has 34 heavy (non-hydrogen) atoms. The lowest BCUT2D eigenvalue weighted by Crippen LogP contribution is -2.26. The van der Waals surface area contributed by atoms with Crippen LogP contribution >= 0.6 is 11.8 Å². The number of aromatic nitrogens is 4. The van der Waals surface area contributed by atoms with E-state index in [-0.39, 0.29) is 23.8 Å². The quantitative estimate of drug-likeness (QED) is 0.305. The van der Waals surface area contributed by atoms with Crippen LogP contribution in [0.2, 0.25) is 0 Å². The zero-order valence-corrected chi connectivity index (χ0v) is 20.5. The van der Waals surface area contributed by atoms with Crippen molar-refractivity contribution in [1.82, 2.24) is 19.3 Å². The fourth-order valence-corrected chi connectivity index (χ4v) is 4.61. The van der Waals surface area contributed by atoms with Gasteiger partial charge in [-0.2, -0.15) is 5.10 Å². The fourth-order valence-electron chi connectivity index (χ4n) is 3.82. The average molecular weight is 478 g/mol. The lowest BCUT2D eigenvalue weighted by Gasteiger charge is -2.14. The summed E-state index contributed by atoms with van der Waals surface area (Å²) in [5, 5.41) is 7.84. The van der Waals surface area contributed by atoms with Crippen molar-refractivity contribution < 1.29 is 9.53 Å². The molecule has 1 amide bonds. The van der Waals surface area contributed by atoms with Crippen molar-refractivity contribution in [3.8, 4) is 5.75 Å². The molecule has 4 aromatic rings. The Morgan fingerprint density at radius 2 is 1.94 bits per heavy atom. The summed E-state index contributed by atoms with van der Waals surface area (Å²) in [7, 11) is 1.60. The van der Waals surface area contributed by atoms with E-state index < -0.39 is 0 Å². The second-order valence-electron chi connectivity index (χ2n) is 7.90. The van der Waals surface area contributed by atoms with E-state index >= 15 is 0 Å². The van der Waals surface area contributed by atoms with Crippen LogP contribution in [0.3, 0.4) is 0 Å². The Kier molecular flexibility index (Phi) is 7.02. The van der Waals surface area contributed by atoms with Gasteiger partial charge < -0.3 is 10.1 Å². The maximum Gasteiger partial charge on any atom is 0.280 e. The van der Waals surface area contributed by atoms with Crippen LogP contribution in [0.5, 0.6) is 5.75 Å². The Hall–Kier alpha value is -3.59. The molecule has 0 spiro atoms. The van der Waals surface area contributed by atoms with Crippen molar-refractivity contribution in [2.75, 3.05) is 18.2 Å². The van der Waals surface area contributed by atoms with Crippen LogP contribution in [0, 0.1) is 13.8 Å². The number of rotatable bonds is 8. The molecule has 9 heteroatoms. The van der Waals surface area contributed by atoms with Gasteiger partial charge >= 0.3 is 0 Å². The number of anilines is 1. The van der Waals surface area contributed by atoms with Crippen LogP contribution < -0.4 is 15.6 Å². The number of fused-ring (bicyclic) bond motifs is 1. The van der Waals surface area contributed by atoms with Gasteiger partial charge in [0.25, 0.3) is 5.56 Å². The number of thioether (sulfide) groups is 1. The highest BCUT2D eigenvalue weighted by Gasteiger charge is 2.20. The van der Waals surface area contributed by atoms with E-state index in [1.165, 1.54) is 11.8 Å². The van der Waals surface area contributed by atoms with Crippen LogP contribution in [-0.4, -0.2) is 38.1 Å². The SMILES string of the molecule is CCn1nc(C)c2nc(SCC(=O)Nc3cccc(C)c3)n(Cc3ccccc3OC)c(=O)c21. The molecular weight excluding hydrogens is 450 g/mol. The molecule has 0 unspecified atom stereocenters. The number of nitrogens with one attached hydrogen (secondary N) is 1. The number of carbonyl (C=O) groups excluding carboxylic acids is 1. The molecule has 8 nitrogen and oxygen atoms in total. The minimum atomic E-state index is -0.194. The van der Waals surface area contributed by atoms with E-state index in [9.17, 15) is 9.59 Å². The zero-order chi connectivity index (χ0) is 24.2. The van der Waals surface area contributed by atoms with Gasteiger partial charge in [-0.25, -0.2) is 4.98 Å². The topological polar surface area (TPSA) is 91.0 Å². The predicted octanol–water partition coefficient (Wildman–Crippen LogP) is 4.02. The summed E-state index contributed by atoms with van der Waals surface area (Å²) in [5.74, 6) is 0.622. The molecule has 0 aliphatic rings. The van der Waals surface area contributed by atoms with Crippen molar-refractivity contribution >= 4 is 34.4 Å². The largest absolute Gasteiger partial charge is 0.496 e. The average Bonchev–Trinajstić information content (AvgIpc) is 3.15. The summed E-state index contributed by atoms with van der Waals surface area (Å²) in [6, 6.07) is 15.2. The maximum absolute atomic E-state index is 13.6. The lowest BCUT2D eigenvalue weighted by molar-refractivity contribution is -0.113.